The molecule has 0 spiro atoms. The van der Waals surface area contributed by atoms with E-state index in [1.54, 1.807) is 43.5 Å². The van der Waals surface area contributed by atoms with Crippen LogP contribution in [0.1, 0.15) is 19.4 Å². The lowest BCUT2D eigenvalue weighted by molar-refractivity contribution is 0.391. The zero-order valence-corrected chi connectivity index (χ0v) is 21.7. The summed E-state index contributed by atoms with van der Waals surface area (Å²) >= 11 is 6.05. The van der Waals surface area contributed by atoms with Crippen LogP contribution in [0.15, 0.2) is 65.6 Å². The van der Waals surface area contributed by atoms with E-state index in [1.807, 2.05) is 6.07 Å². The third-order valence-corrected chi connectivity index (χ3v) is 7.49. The van der Waals surface area contributed by atoms with Crippen molar-refractivity contribution in [1.29, 1.82) is 5.26 Å². The van der Waals surface area contributed by atoms with Gasteiger partial charge in [-0.3, -0.25) is 4.72 Å². The first-order valence-corrected chi connectivity index (χ1v) is 13.2. The van der Waals surface area contributed by atoms with Crippen molar-refractivity contribution < 1.29 is 17.9 Å². The number of rotatable bonds is 7. The Morgan fingerprint density at radius 3 is 2.39 bits per heavy atom. The van der Waals surface area contributed by atoms with E-state index in [1.165, 1.54) is 24.3 Å². The van der Waals surface area contributed by atoms with Crippen LogP contribution in [0.2, 0.25) is 5.02 Å². The molecular formula is C26H27ClN4O4S. The molecule has 10 heteroatoms. The van der Waals surface area contributed by atoms with Crippen molar-refractivity contribution in [3.05, 3.63) is 71.2 Å². The normalized spacial score (nSPS) is 17.8. The summed E-state index contributed by atoms with van der Waals surface area (Å²) in [5, 5.41) is 13.1. The lowest BCUT2D eigenvalue weighted by atomic mass is 10.1. The summed E-state index contributed by atoms with van der Waals surface area (Å²) < 4.78 is 40.1. The fourth-order valence-electron chi connectivity index (χ4n) is 4.25. The van der Waals surface area contributed by atoms with Gasteiger partial charge < -0.3 is 19.7 Å². The minimum absolute atomic E-state index is 0.0724. The van der Waals surface area contributed by atoms with Gasteiger partial charge in [-0.25, -0.2) is 8.42 Å². The van der Waals surface area contributed by atoms with Crippen LogP contribution in [-0.4, -0.2) is 40.7 Å². The number of benzene rings is 3. The summed E-state index contributed by atoms with van der Waals surface area (Å²) in [7, 11) is -2.26. The summed E-state index contributed by atoms with van der Waals surface area (Å²) in [6.07, 6.45) is 0. The van der Waals surface area contributed by atoms with Crippen LogP contribution in [0, 0.1) is 11.3 Å². The number of nitrogens with zero attached hydrogens (tertiary/aromatic N) is 2. The van der Waals surface area contributed by atoms with Crippen LogP contribution in [0.4, 0.5) is 11.4 Å². The molecule has 0 amide bonds. The Labute approximate surface area is 216 Å². The molecule has 0 aromatic heterocycles. The summed E-state index contributed by atoms with van der Waals surface area (Å²) in [5.41, 5.74) is 1.47. The summed E-state index contributed by atoms with van der Waals surface area (Å²) in [4.78, 5) is 2.27. The molecule has 1 heterocycles. The first-order valence-electron chi connectivity index (χ1n) is 11.4. The van der Waals surface area contributed by atoms with E-state index in [0.717, 1.165) is 18.8 Å². The van der Waals surface area contributed by atoms with Crippen molar-refractivity contribution in [1.82, 2.24) is 5.32 Å². The topological polar surface area (TPSA) is 104 Å². The maximum Gasteiger partial charge on any atom is 0.261 e. The Kier molecular flexibility index (Phi) is 7.59. The Bertz CT molecular complexity index is 1380. The van der Waals surface area contributed by atoms with Gasteiger partial charge in [-0.15, -0.1) is 0 Å². The van der Waals surface area contributed by atoms with Crippen molar-refractivity contribution in [2.45, 2.75) is 30.8 Å². The summed E-state index contributed by atoms with van der Waals surface area (Å²) in [5.74, 6) is 1.35. The van der Waals surface area contributed by atoms with Crippen molar-refractivity contribution in [3.8, 4) is 23.3 Å². The van der Waals surface area contributed by atoms with Gasteiger partial charge in [0.05, 0.1) is 28.4 Å². The number of nitriles is 1. The van der Waals surface area contributed by atoms with E-state index in [4.69, 9.17) is 21.1 Å². The van der Waals surface area contributed by atoms with Crippen LogP contribution in [0.3, 0.4) is 0 Å². The summed E-state index contributed by atoms with van der Waals surface area (Å²) in [6.45, 7) is 5.78. The molecule has 0 aliphatic carbocycles. The number of halogens is 1. The quantitative estimate of drug-likeness (QED) is 0.446. The molecule has 0 radical (unpaired) electrons. The molecule has 1 aliphatic heterocycles. The maximum absolute atomic E-state index is 13.1. The zero-order valence-electron chi connectivity index (χ0n) is 20.2. The molecule has 2 N–H and O–H groups in total. The van der Waals surface area contributed by atoms with Gasteiger partial charge in [0.2, 0.25) is 0 Å². The van der Waals surface area contributed by atoms with Crippen molar-refractivity contribution >= 4 is 33.0 Å². The minimum Gasteiger partial charge on any atom is -0.495 e. The number of piperazine rings is 1. The van der Waals surface area contributed by atoms with Gasteiger partial charge in [-0.2, -0.15) is 5.26 Å². The number of ether oxygens (including phenoxy) is 2. The lowest BCUT2D eigenvalue weighted by Gasteiger charge is -2.38. The predicted octanol–water partition coefficient (Wildman–Crippen LogP) is 5.00. The highest BCUT2D eigenvalue weighted by molar-refractivity contribution is 7.92. The van der Waals surface area contributed by atoms with Crippen molar-refractivity contribution in [3.63, 3.8) is 0 Å². The van der Waals surface area contributed by atoms with E-state index < -0.39 is 10.0 Å². The Morgan fingerprint density at radius 1 is 1.06 bits per heavy atom. The van der Waals surface area contributed by atoms with E-state index in [0.29, 0.717) is 22.9 Å². The fraction of sp³-hybridized carbons (Fsp3) is 0.269. The molecule has 3 aromatic carbocycles. The van der Waals surface area contributed by atoms with Gasteiger partial charge in [0.15, 0.2) is 0 Å². The van der Waals surface area contributed by atoms with Gasteiger partial charge in [-0.1, -0.05) is 17.7 Å². The van der Waals surface area contributed by atoms with Crippen LogP contribution in [-0.2, 0) is 10.0 Å². The zero-order chi connectivity index (χ0) is 25.9. The van der Waals surface area contributed by atoms with E-state index in [9.17, 15) is 13.7 Å². The van der Waals surface area contributed by atoms with Gasteiger partial charge >= 0.3 is 0 Å². The average Bonchev–Trinajstić information content (AvgIpc) is 2.84. The standard InChI is InChI=1S/C26H27ClN4O4S/c1-17-15-31(16-18(2)29-17)24-13-19(7-12-26(24)34-3)30-36(32,33)21-10-8-20(9-11-21)35-25-6-4-5-23(27)22(25)14-28/h4-13,17-18,29-30H,15-16H2,1-3H3/t17-,18+. The maximum atomic E-state index is 13.1. The van der Waals surface area contributed by atoms with Crippen LogP contribution in [0.5, 0.6) is 17.2 Å². The van der Waals surface area contributed by atoms with Crippen LogP contribution >= 0.6 is 11.6 Å². The molecule has 3 aromatic rings. The molecular weight excluding hydrogens is 500 g/mol. The molecule has 0 bridgehead atoms. The number of hydrogen-bond acceptors (Lipinski definition) is 7. The molecule has 8 nitrogen and oxygen atoms in total. The molecule has 36 heavy (non-hydrogen) atoms. The number of methoxy groups -OCH3 is 1. The van der Waals surface area contributed by atoms with Crippen molar-refractivity contribution in [2.24, 2.45) is 0 Å². The molecule has 1 fully saturated rings. The number of hydrogen-bond donors (Lipinski definition) is 2. The molecule has 0 unspecified atom stereocenters. The second-order valence-corrected chi connectivity index (χ2v) is 10.8. The summed E-state index contributed by atoms with van der Waals surface area (Å²) in [6, 6.07) is 18.7. The molecule has 188 valence electrons. The van der Waals surface area contributed by atoms with Gasteiger partial charge in [0.25, 0.3) is 10.0 Å². The average molecular weight is 527 g/mol. The smallest absolute Gasteiger partial charge is 0.261 e. The second kappa shape index (κ2) is 10.7. The first-order chi connectivity index (χ1) is 17.2. The lowest BCUT2D eigenvalue weighted by Crippen LogP contribution is -2.54. The van der Waals surface area contributed by atoms with Crippen LogP contribution < -0.4 is 24.4 Å². The Morgan fingerprint density at radius 2 is 1.75 bits per heavy atom. The molecule has 1 aliphatic rings. The third-order valence-electron chi connectivity index (χ3n) is 5.78. The number of nitrogens with one attached hydrogen (secondary N) is 2. The number of sulfonamides is 1. The third kappa shape index (κ3) is 5.68. The van der Waals surface area contributed by atoms with Gasteiger partial charge in [0.1, 0.15) is 28.9 Å². The highest BCUT2D eigenvalue weighted by atomic mass is 35.5. The SMILES string of the molecule is COc1ccc(NS(=O)(=O)c2ccc(Oc3cccc(Cl)c3C#N)cc2)cc1N1C[C@@H](C)N[C@@H](C)C1. The van der Waals surface area contributed by atoms with E-state index in [-0.39, 0.29) is 27.6 Å². The molecule has 0 saturated carbocycles. The second-order valence-electron chi connectivity index (χ2n) is 8.66. The van der Waals surface area contributed by atoms with E-state index in [2.05, 4.69) is 28.8 Å². The Balaban J connectivity index is 1.54. The van der Waals surface area contributed by atoms with Gasteiger partial charge in [-0.05, 0) is 68.4 Å². The minimum atomic E-state index is -3.86. The highest BCUT2D eigenvalue weighted by Crippen LogP contribution is 2.34. The van der Waals surface area contributed by atoms with E-state index >= 15 is 0 Å². The molecule has 2 atom stereocenters. The monoisotopic (exact) mass is 526 g/mol. The highest BCUT2D eigenvalue weighted by Gasteiger charge is 2.24. The molecule has 1 saturated heterocycles. The number of anilines is 2. The van der Waals surface area contributed by atoms with Crippen molar-refractivity contribution in [2.75, 3.05) is 29.8 Å². The largest absolute Gasteiger partial charge is 0.495 e. The predicted molar refractivity (Wildman–Crippen MR) is 141 cm³/mol. The fourth-order valence-corrected chi connectivity index (χ4v) is 5.51. The van der Waals surface area contributed by atoms with Crippen LogP contribution in [0.25, 0.3) is 0 Å². The molecule has 4 rings (SSSR count). The Hall–Kier alpha value is -3.45. The van der Waals surface area contributed by atoms with Gasteiger partial charge in [0, 0.05) is 25.2 Å². The first kappa shape index (κ1) is 25.6.